The molecule has 6 heteroatoms. The van der Waals surface area contributed by atoms with E-state index in [1.807, 2.05) is 13.8 Å². The summed E-state index contributed by atoms with van der Waals surface area (Å²) in [6.45, 7) is 8.23. The predicted molar refractivity (Wildman–Crippen MR) is 84.0 cm³/mol. The Morgan fingerprint density at radius 3 is 2.55 bits per heavy atom. The largest absolute Gasteiger partial charge is 0.389 e. The molecule has 1 saturated carbocycles. The van der Waals surface area contributed by atoms with Crippen LogP contribution in [0, 0.1) is 19.3 Å². The monoisotopic (exact) mass is 294 g/mol. The molecule has 0 aliphatic heterocycles. The minimum atomic E-state index is 0.0444. The summed E-state index contributed by atoms with van der Waals surface area (Å²) >= 11 is 5.15. The molecule has 2 unspecified atom stereocenters. The van der Waals surface area contributed by atoms with Gasteiger partial charge in [-0.2, -0.15) is 5.10 Å². The first-order valence-corrected chi connectivity index (χ1v) is 7.12. The fourth-order valence-corrected chi connectivity index (χ4v) is 2.96. The molecule has 3 N–H and O–H groups in total. The van der Waals surface area contributed by atoms with Gasteiger partial charge in [0.25, 0.3) is 0 Å². The van der Waals surface area contributed by atoms with Gasteiger partial charge in [-0.15, -0.1) is 5.10 Å². The highest BCUT2D eigenvalue weighted by molar-refractivity contribution is 7.80. The van der Waals surface area contributed by atoms with Crippen LogP contribution in [0.2, 0.25) is 0 Å². The van der Waals surface area contributed by atoms with Crippen molar-refractivity contribution in [3.8, 4) is 0 Å². The maximum absolute atomic E-state index is 5.84. The van der Waals surface area contributed by atoms with Gasteiger partial charge in [0, 0.05) is 18.6 Å². The topological polar surface area (TPSA) is 73.1 Å². The average molecular weight is 294 g/mol. The van der Waals surface area contributed by atoms with Crippen LogP contribution in [0.25, 0.3) is 0 Å². The van der Waals surface area contributed by atoms with Gasteiger partial charge in [-0.1, -0.05) is 26.1 Å². The van der Waals surface area contributed by atoms with Crippen LogP contribution in [0.15, 0.2) is 0 Å². The Hall–Kier alpha value is -1.27. The minimum Gasteiger partial charge on any atom is -0.389 e. The molecular weight excluding hydrogens is 272 g/mol. The third kappa shape index (κ3) is 2.38. The first kappa shape index (κ1) is 15.1. The Labute approximate surface area is 125 Å². The molecule has 0 radical (unpaired) electrons. The first-order valence-electron chi connectivity index (χ1n) is 6.72. The number of aryl methyl sites for hydroxylation is 1. The number of rotatable bonds is 4. The van der Waals surface area contributed by atoms with Gasteiger partial charge < -0.3 is 15.8 Å². The van der Waals surface area contributed by atoms with E-state index in [4.69, 9.17) is 22.7 Å². The minimum absolute atomic E-state index is 0.0444. The van der Waals surface area contributed by atoms with Gasteiger partial charge in [-0.25, -0.2) is 0 Å². The van der Waals surface area contributed by atoms with Gasteiger partial charge in [-0.05, 0) is 25.8 Å². The van der Waals surface area contributed by atoms with Gasteiger partial charge >= 0.3 is 0 Å². The molecule has 5 nitrogen and oxygen atoms in total. The van der Waals surface area contributed by atoms with Gasteiger partial charge in [0.15, 0.2) is 5.82 Å². The molecule has 2 atom stereocenters. The van der Waals surface area contributed by atoms with E-state index in [1.54, 1.807) is 7.11 Å². The molecule has 1 heterocycles. The highest BCUT2D eigenvalue weighted by Gasteiger charge is 2.49. The van der Waals surface area contributed by atoms with Crippen LogP contribution < -0.4 is 11.1 Å². The number of anilines is 1. The summed E-state index contributed by atoms with van der Waals surface area (Å²) in [4.78, 5) is 0.350. The summed E-state index contributed by atoms with van der Waals surface area (Å²) in [6, 6.07) is 0.275. The van der Waals surface area contributed by atoms with E-state index in [0.717, 1.165) is 23.2 Å². The number of ether oxygens (including phenoxy) is 1. The molecule has 2 rings (SSSR count). The SMILES string of the molecule is COC1CC(Nc2nnc(C)c(C)c2C(N)=S)C1(C)C. The van der Waals surface area contributed by atoms with Crippen LogP contribution in [0.1, 0.15) is 37.1 Å². The van der Waals surface area contributed by atoms with Crippen molar-refractivity contribution in [2.75, 3.05) is 12.4 Å². The van der Waals surface area contributed by atoms with E-state index in [9.17, 15) is 0 Å². The zero-order valence-electron chi connectivity index (χ0n) is 12.7. The lowest BCUT2D eigenvalue weighted by Gasteiger charge is -2.51. The Morgan fingerprint density at radius 1 is 1.40 bits per heavy atom. The number of thiocarbonyl (C=S) groups is 1. The Kier molecular flexibility index (Phi) is 3.97. The number of nitrogens with one attached hydrogen (secondary N) is 1. The maximum atomic E-state index is 5.84. The van der Waals surface area contributed by atoms with Gasteiger partial charge in [0.1, 0.15) is 4.99 Å². The van der Waals surface area contributed by atoms with Crippen molar-refractivity contribution in [2.45, 2.75) is 46.3 Å². The van der Waals surface area contributed by atoms with Crippen molar-refractivity contribution in [1.29, 1.82) is 0 Å². The molecular formula is C14H22N4OS. The second kappa shape index (κ2) is 5.26. The third-order valence-corrected chi connectivity index (χ3v) is 4.68. The molecule has 0 bridgehead atoms. The molecule has 110 valence electrons. The number of hydrogen-bond acceptors (Lipinski definition) is 5. The molecule has 1 aromatic rings. The molecule has 1 fully saturated rings. The highest BCUT2D eigenvalue weighted by atomic mass is 32.1. The van der Waals surface area contributed by atoms with Crippen LogP contribution in [0.3, 0.4) is 0 Å². The third-order valence-electron chi connectivity index (χ3n) is 4.47. The number of nitrogens with zero attached hydrogens (tertiary/aromatic N) is 2. The van der Waals surface area contributed by atoms with E-state index in [1.165, 1.54) is 0 Å². The standard InChI is InChI=1S/C14H22N4OS/c1-7-8(2)17-18-13(11(7)12(15)20)16-9-6-10(19-5)14(9,3)4/h9-10H,6H2,1-5H3,(H2,15,20)(H,16,18). The second-order valence-corrected chi connectivity index (χ2v) is 6.42. The second-order valence-electron chi connectivity index (χ2n) is 5.98. The fraction of sp³-hybridized carbons (Fsp3) is 0.643. The van der Waals surface area contributed by atoms with Crippen molar-refractivity contribution >= 4 is 23.0 Å². The number of hydrogen-bond donors (Lipinski definition) is 2. The fourth-order valence-electron chi connectivity index (χ4n) is 2.71. The lowest BCUT2D eigenvalue weighted by atomic mass is 9.64. The summed E-state index contributed by atoms with van der Waals surface area (Å²) in [7, 11) is 1.75. The quantitative estimate of drug-likeness (QED) is 0.827. The summed E-state index contributed by atoms with van der Waals surface area (Å²) in [5.41, 5.74) is 8.51. The van der Waals surface area contributed by atoms with Gasteiger partial charge in [0.2, 0.25) is 0 Å². The van der Waals surface area contributed by atoms with Crippen LogP contribution in [-0.2, 0) is 4.74 Å². The zero-order chi connectivity index (χ0) is 15.1. The van der Waals surface area contributed by atoms with E-state index in [0.29, 0.717) is 10.8 Å². The normalized spacial score (nSPS) is 24.1. The lowest BCUT2D eigenvalue weighted by molar-refractivity contribution is -0.0795. The van der Waals surface area contributed by atoms with Crippen LogP contribution in [0.5, 0.6) is 0 Å². The lowest BCUT2D eigenvalue weighted by Crippen LogP contribution is -2.58. The molecule has 1 aromatic heterocycles. The predicted octanol–water partition coefficient (Wildman–Crippen LogP) is 1.95. The zero-order valence-corrected chi connectivity index (χ0v) is 13.5. The number of methoxy groups -OCH3 is 1. The molecule has 0 spiro atoms. The van der Waals surface area contributed by atoms with E-state index >= 15 is 0 Å². The van der Waals surface area contributed by atoms with Crippen LogP contribution in [-0.4, -0.2) is 34.4 Å². The summed E-state index contributed by atoms with van der Waals surface area (Å²) in [6.07, 6.45) is 1.20. The number of nitrogens with two attached hydrogens (primary N) is 1. The summed E-state index contributed by atoms with van der Waals surface area (Å²) < 4.78 is 5.46. The molecule has 0 saturated heterocycles. The van der Waals surface area contributed by atoms with Crippen molar-refractivity contribution in [2.24, 2.45) is 11.1 Å². The molecule has 1 aliphatic carbocycles. The first-order chi connectivity index (χ1) is 9.28. The number of aromatic nitrogens is 2. The molecule has 20 heavy (non-hydrogen) atoms. The highest BCUT2D eigenvalue weighted by Crippen LogP contribution is 2.44. The van der Waals surface area contributed by atoms with Crippen LogP contribution >= 0.6 is 12.2 Å². The maximum Gasteiger partial charge on any atom is 0.159 e. The molecule has 0 aromatic carbocycles. The van der Waals surface area contributed by atoms with E-state index in [-0.39, 0.29) is 17.6 Å². The van der Waals surface area contributed by atoms with Gasteiger partial charge in [0.05, 0.1) is 17.4 Å². The van der Waals surface area contributed by atoms with Crippen molar-refractivity contribution in [3.63, 3.8) is 0 Å². The Bertz CT molecular complexity index is 544. The van der Waals surface area contributed by atoms with E-state index in [2.05, 4.69) is 29.4 Å². The van der Waals surface area contributed by atoms with Crippen molar-refractivity contribution < 1.29 is 4.74 Å². The van der Waals surface area contributed by atoms with Crippen molar-refractivity contribution in [3.05, 3.63) is 16.8 Å². The van der Waals surface area contributed by atoms with E-state index < -0.39 is 0 Å². The molecule has 1 aliphatic rings. The van der Waals surface area contributed by atoms with Crippen LogP contribution in [0.4, 0.5) is 5.82 Å². The Morgan fingerprint density at radius 2 is 2.05 bits per heavy atom. The molecule has 0 amide bonds. The average Bonchev–Trinajstić information content (AvgIpc) is 2.37. The smallest absolute Gasteiger partial charge is 0.159 e. The van der Waals surface area contributed by atoms with Crippen molar-refractivity contribution in [1.82, 2.24) is 10.2 Å². The summed E-state index contributed by atoms with van der Waals surface area (Å²) in [5, 5.41) is 11.8. The summed E-state index contributed by atoms with van der Waals surface area (Å²) in [5.74, 6) is 0.674. The van der Waals surface area contributed by atoms with Gasteiger partial charge in [-0.3, -0.25) is 0 Å². The Balaban J connectivity index is 2.28.